The van der Waals surface area contributed by atoms with Crippen LogP contribution < -0.4 is 5.32 Å². The summed E-state index contributed by atoms with van der Waals surface area (Å²) >= 11 is -0.221. The summed E-state index contributed by atoms with van der Waals surface area (Å²) in [5, 5.41) is 2.71. The van der Waals surface area contributed by atoms with Gasteiger partial charge in [0.05, 0.1) is 0 Å². The average Bonchev–Trinajstić information content (AvgIpc) is 2.67. The number of aromatic nitrogens is 1. The predicted octanol–water partition coefficient (Wildman–Crippen LogP) is 5.35. The van der Waals surface area contributed by atoms with Crippen LogP contribution in [0.4, 0.5) is 18.9 Å². The zero-order valence-corrected chi connectivity index (χ0v) is 15.1. The first-order chi connectivity index (χ1) is 13.4. The Kier molecular flexibility index (Phi) is 6.02. The third-order valence-electron chi connectivity index (χ3n) is 3.47. The van der Waals surface area contributed by atoms with Crippen molar-refractivity contribution in [2.45, 2.75) is 10.4 Å². The standard InChI is InChI=1S/C21H13F3N2OS/c22-21(23,24)28-19-11-8-16(9-12-19)20(27)26-18-6-3-4-15(14-18)7-10-17-5-1-2-13-25-17/h1-6,8-9,11-14H,(H,26,27). The largest absolute Gasteiger partial charge is 0.446 e. The number of benzene rings is 2. The third kappa shape index (κ3) is 5.89. The quantitative estimate of drug-likeness (QED) is 0.478. The van der Waals surface area contributed by atoms with E-state index in [2.05, 4.69) is 22.1 Å². The molecule has 7 heteroatoms. The number of hydrogen-bond acceptors (Lipinski definition) is 3. The normalized spacial score (nSPS) is 10.7. The van der Waals surface area contributed by atoms with Crippen LogP contribution in [0.3, 0.4) is 0 Å². The van der Waals surface area contributed by atoms with Gasteiger partial charge in [-0.05, 0) is 72.3 Å². The molecule has 28 heavy (non-hydrogen) atoms. The van der Waals surface area contributed by atoms with E-state index in [-0.39, 0.29) is 22.2 Å². The third-order valence-corrected chi connectivity index (χ3v) is 4.21. The number of nitrogens with zero attached hydrogens (tertiary/aromatic N) is 1. The van der Waals surface area contributed by atoms with Crippen molar-refractivity contribution in [2.24, 2.45) is 0 Å². The Morgan fingerprint density at radius 3 is 2.43 bits per heavy atom. The summed E-state index contributed by atoms with van der Waals surface area (Å²) in [5.41, 5.74) is -2.24. The zero-order chi connectivity index (χ0) is 20.0. The fourth-order valence-corrected chi connectivity index (χ4v) is 2.80. The molecular weight excluding hydrogens is 385 g/mol. The summed E-state index contributed by atoms with van der Waals surface area (Å²) in [5.74, 6) is 5.48. The Bertz CT molecular complexity index is 1020. The molecular formula is C21H13F3N2OS. The SMILES string of the molecule is O=C(Nc1cccc(C#Cc2ccccn2)c1)c1ccc(SC(F)(F)F)cc1. The summed E-state index contributed by atoms with van der Waals surface area (Å²) in [6.07, 6.45) is 1.65. The second kappa shape index (κ2) is 8.63. The van der Waals surface area contributed by atoms with Crippen LogP contribution in [0.25, 0.3) is 0 Å². The van der Waals surface area contributed by atoms with Gasteiger partial charge in [0.25, 0.3) is 5.91 Å². The number of anilines is 1. The van der Waals surface area contributed by atoms with Crippen LogP contribution in [-0.2, 0) is 0 Å². The fraction of sp³-hybridized carbons (Fsp3) is 0.0476. The lowest BCUT2D eigenvalue weighted by Gasteiger charge is -2.08. The molecule has 3 rings (SSSR count). The van der Waals surface area contributed by atoms with E-state index in [0.29, 0.717) is 16.9 Å². The number of nitrogens with one attached hydrogen (secondary N) is 1. The highest BCUT2D eigenvalue weighted by molar-refractivity contribution is 8.00. The Morgan fingerprint density at radius 2 is 1.75 bits per heavy atom. The summed E-state index contributed by atoms with van der Waals surface area (Å²) in [4.78, 5) is 16.5. The predicted molar refractivity (Wildman–Crippen MR) is 103 cm³/mol. The van der Waals surface area contributed by atoms with E-state index in [0.717, 1.165) is 0 Å². The van der Waals surface area contributed by atoms with E-state index in [1.165, 1.54) is 24.3 Å². The molecule has 0 aliphatic heterocycles. The van der Waals surface area contributed by atoms with Gasteiger partial charge in [0.15, 0.2) is 0 Å². The van der Waals surface area contributed by atoms with Crippen molar-refractivity contribution in [3.63, 3.8) is 0 Å². The lowest BCUT2D eigenvalue weighted by Crippen LogP contribution is -2.11. The van der Waals surface area contributed by atoms with Gasteiger partial charge >= 0.3 is 5.51 Å². The van der Waals surface area contributed by atoms with Crippen LogP contribution >= 0.6 is 11.8 Å². The Morgan fingerprint density at radius 1 is 0.964 bits per heavy atom. The highest BCUT2D eigenvalue weighted by Crippen LogP contribution is 2.36. The molecule has 0 fully saturated rings. The van der Waals surface area contributed by atoms with Crippen molar-refractivity contribution in [3.05, 3.63) is 89.7 Å². The first-order valence-corrected chi connectivity index (χ1v) is 8.91. The second-order valence-corrected chi connectivity index (χ2v) is 6.71. The maximum atomic E-state index is 12.4. The Balaban J connectivity index is 1.68. The van der Waals surface area contributed by atoms with Gasteiger partial charge in [0, 0.05) is 27.9 Å². The van der Waals surface area contributed by atoms with Gasteiger partial charge in [-0.15, -0.1) is 0 Å². The molecule has 0 aliphatic carbocycles. The highest BCUT2D eigenvalue weighted by Gasteiger charge is 2.29. The van der Waals surface area contributed by atoms with E-state index < -0.39 is 11.4 Å². The van der Waals surface area contributed by atoms with Crippen LogP contribution in [-0.4, -0.2) is 16.4 Å². The van der Waals surface area contributed by atoms with Gasteiger partial charge in [-0.25, -0.2) is 4.98 Å². The number of alkyl halides is 3. The lowest BCUT2D eigenvalue weighted by molar-refractivity contribution is -0.0328. The molecule has 1 aromatic heterocycles. The van der Waals surface area contributed by atoms with E-state index in [1.807, 2.05) is 6.07 Å². The summed E-state index contributed by atoms with van der Waals surface area (Å²) in [7, 11) is 0. The molecule has 0 unspecified atom stereocenters. The van der Waals surface area contributed by atoms with E-state index in [9.17, 15) is 18.0 Å². The first-order valence-electron chi connectivity index (χ1n) is 8.09. The number of rotatable bonds is 3. The average molecular weight is 398 g/mol. The van der Waals surface area contributed by atoms with Gasteiger partial charge in [-0.1, -0.05) is 18.1 Å². The highest BCUT2D eigenvalue weighted by atomic mass is 32.2. The number of hydrogen-bond donors (Lipinski definition) is 1. The molecule has 0 atom stereocenters. The van der Waals surface area contributed by atoms with Crippen molar-refractivity contribution in [3.8, 4) is 11.8 Å². The zero-order valence-electron chi connectivity index (χ0n) is 14.3. The topological polar surface area (TPSA) is 42.0 Å². The van der Waals surface area contributed by atoms with Crippen LogP contribution in [0.1, 0.15) is 21.6 Å². The maximum Gasteiger partial charge on any atom is 0.446 e. The number of carbonyl (C=O) groups is 1. The van der Waals surface area contributed by atoms with Gasteiger partial charge in [0.1, 0.15) is 5.69 Å². The molecule has 0 bridgehead atoms. The Hall–Kier alpha value is -3.24. The van der Waals surface area contributed by atoms with Crippen LogP contribution in [0.5, 0.6) is 0 Å². The van der Waals surface area contributed by atoms with Crippen molar-refractivity contribution >= 4 is 23.4 Å². The number of amides is 1. The summed E-state index contributed by atoms with van der Waals surface area (Å²) in [6.45, 7) is 0. The minimum atomic E-state index is -4.36. The molecule has 1 heterocycles. The summed E-state index contributed by atoms with van der Waals surface area (Å²) in [6, 6.07) is 17.6. The van der Waals surface area contributed by atoms with Crippen molar-refractivity contribution < 1.29 is 18.0 Å². The molecule has 3 nitrogen and oxygen atoms in total. The van der Waals surface area contributed by atoms with Crippen molar-refractivity contribution in [2.75, 3.05) is 5.32 Å². The van der Waals surface area contributed by atoms with Crippen LogP contribution in [0.2, 0.25) is 0 Å². The maximum absolute atomic E-state index is 12.4. The van der Waals surface area contributed by atoms with Crippen LogP contribution in [0, 0.1) is 11.8 Å². The van der Waals surface area contributed by atoms with E-state index in [1.54, 1.807) is 42.6 Å². The number of thioether (sulfide) groups is 1. The molecule has 0 saturated heterocycles. The molecule has 0 aliphatic rings. The first kappa shape index (κ1) is 19.5. The molecule has 0 radical (unpaired) electrons. The smallest absolute Gasteiger partial charge is 0.322 e. The minimum absolute atomic E-state index is 0.0239. The molecule has 2 aromatic carbocycles. The fourth-order valence-electron chi connectivity index (χ4n) is 2.26. The van der Waals surface area contributed by atoms with E-state index >= 15 is 0 Å². The minimum Gasteiger partial charge on any atom is -0.322 e. The van der Waals surface area contributed by atoms with Crippen molar-refractivity contribution in [1.29, 1.82) is 0 Å². The molecule has 3 aromatic rings. The molecule has 140 valence electrons. The van der Waals surface area contributed by atoms with Crippen LogP contribution in [0.15, 0.2) is 77.8 Å². The molecule has 0 spiro atoms. The van der Waals surface area contributed by atoms with Gasteiger partial charge < -0.3 is 5.32 Å². The molecule has 1 N–H and O–H groups in total. The number of pyridine rings is 1. The number of carbonyl (C=O) groups excluding carboxylic acids is 1. The Labute approximate surface area is 164 Å². The molecule has 1 amide bonds. The van der Waals surface area contributed by atoms with Gasteiger partial charge in [0.2, 0.25) is 0 Å². The van der Waals surface area contributed by atoms with Gasteiger partial charge in [-0.2, -0.15) is 13.2 Å². The number of halogens is 3. The van der Waals surface area contributed by atoms with E-state index in [4.69, 9.17) is 0 Å². The van der Waals surface area contributed by atoms with Crippen molar-refractivity contribution in [1.82, 2.24) is 4.98 Å². The monoisotopic (exact) mass is 398 g/mol. The molecule has 0 saturated carbocycles. The lowest BCUT2D eigenvalue weighted by atomic mass is 10.1. The summed E-state index contributed by atoms with van der Waals surface area (Å²) < 4.78 is 37.1. The van der Waals surface area contributed by atoms with Gasteiger partial charge in [-0.3, -0.25) is 4.79 Å². The second-order valence-electron chi connectivity index (χ2n) is 5.57.